The van der Waals surface area contributed by atoms with Crippen molar-refractivity contribution in [2.45, 2.75) is 0 Å². The van der Waals surface area contributed by atoms with Crippen LogP contribution in [0.25, 0.3) is 0 Å². The van der Waals surface area contributed by atoms with Gasteiger partial charge in [-0.25, -0.2) is 0 Å². The summed E-state index contributed by atoms with van der Waals surface area (Å²) >= 11 is -3.79. The van der Waals surface area contributed by atoms with E-state index in [-0.39, 0.29) is 17.6 Å². The fourth-order valence-corrected chi connectivity index (χ4v) is 0. The van der Waals surface area contributed by atoms with Gasteiger partial charge in [-0.1, -0.05) is 0 Å². The Balaban J connectivity index is 0. The van der Waals surface area contributed by atoms with Crippen LogP contribution in [0.4, 0.5) is 0 Å². The molecule has 0 aromatic carbocycles. The predicted molar refractivity (Wildman–Crippen MR) is 12.2 cm³/mol. The van der Waals surface area contributed by atoms with Gasteiger partial charge in [0.05, 0.1) is 0 Å². The Labute approximate surface area is 44.7 Å². The molecule has 0 atom stereocenters. The van der Waals surface area contributed by atoms with Crippen LogP contribution >= 0.6 is 0 Å². The summed E-state index contributed by atoms with van der Waals surface area (Å²) < 4.78 is 25.6. The smallest absolute Gasteiger partial charge is 0 e. The molecule has 0 rings (SSSR count). The summed E-state index contributed by atoms with van der Waals surface area (Å²) in [6, 6.07) is 0. The summed E-state index contributed by atoms with van der Waals surface area (Å²) in [5, 5.41) is 0. The van der Waals surface area contributed by atoms with E-state index in [1.165, 1.54) is 0 Å². The molecule has 0 fully saturated rings. The van der Waals surface area contributed by atoms with Gasteiger partial charge in [-0.2, -0.15) is 0 Å². The molecule has 0 heterocycles. The minimum Gasteiger partial charge on any atom is 0 e. The first-order chi connectivity index (χ1) is 1.73. The molecule has 0 amide bonds. The molecule has 5 heavy (non-hydrogen) atoms. The van der Waals surface area contributed by atoms with Crippen molar-refractivity contribution in [3.63, 3.8) is 0 Å². The predicted octanol–water partition coefficient (Wildman–Crippen LogP) is -3.26. The fraction of sp³-hybridized carbons (Fsp3) is 0. The third kappa shape index (κ3) is 60.5. The van der Waals surface area contributed by atoms with Gasteiger partial charge in [-0.15, -0.1) is 0 Å². The largest absolute Gasteiger partial charge is 0 e. The van der Waals surface area contributed by atoms with Crippen LogP contribution in [-0.2, 0) is 3.83 Å². The zero-order valence-corrected chi connectivity index (χ0v) is 5.94. The van der Waals surface area contributed by atoms with Gasteiger partial charge >= 0.3 is 26.7 Å². The molecule has 0 spiro atoms. The second kappa shape index (κ2) is 4.78. The summed E-state index contributed by atoms with van der Waals surface area (Å²) in [5.74, 6) is 0. The van der Waals surface area contributed by atoms with Gasteiger partial charge in [0.25, 0.3) is 0 Å². The monoisotopic (exact) mass is 202 g/mol. The van der Waals surface area contributed by atoms with Crippen LogP contribution in [0.3, 0.4) is 0 Å². The van der Waals surface area contributed by atoms with Gasteiger partial charge in [0.1, 0.15) is 0 Å². The van der Waals surface area contributed by atoms with Crippen LogP contribution in [-0.4, -0.2) is 32.1 Å². The third-order valence-corrected chi connectivity index (χ3v) is 0. The molecular formula is GeO3Se-2. The van der Waals surface area contributed by atoms with Crippen molar-refractivity contribution in [3.8, 4) is 0 Å². The van der Waals surface area contributed by atoms with Crippen molar-refractivity contribution in [1.29, 1.82) is 0 Å². The standard InChI is InChI=1S/Ge.H2O3Se/c;1-4(2)3/h;(H2,1,2,3)/p-2. The van der Waals surface area contributed by atoms with E-state index in [0.29, 0.717) is 0 Å². The Morgan fingerprint density at radius 2 is 1.40 bits per heavy atom. The van der Waals surface area contributed by atoms with Gasteiger partial charge in [-0.05, 0) is 0 Å². The fourth-order valence-electron chi connectivity index (χ4n) is 0. The zero-order chi connectivity index (χ0) is 3.58. The second-order valence-electron chi connectivity index (χ2n) is 0.204. The molecule has 0 aliphatic rings. The van der Waals surface area contributed by atoms with Gasteiger partial charge in [0.15, 0.2) is 0 Å². The summed E-state index contributed by atoms with van der Waals surface area (Å²) in [6.07, 6.45) is 0. The molecule has 0 unspecified atom stereocenters. The summed E-state index contributed by atoms with van der Waals surface area (Å²) in [6.45, 7) is 0. The molecular weight excluding hydrogens is 200 g/mol. The number of hydrogen-bond donors (Lipinski definition) is 0. The van der Waals surface area contributed by atoms with Crippen LogP contribution in [0.5, 0.6) is 0 Å². The molecule has 0 aromatic rings. The quantitative estimate of drug-likeness (QED) is 0.385. The van der Waals surface area contributed by atoms with Crippen LogP contribution in [0.1, 0.15) is 0 Å². The van der Waals surface area contributed by atoms with Crippen molar-refractivity contribution >= 4 is 32.1 Å². The van der Waals surface area contributed by atoms with Crippen molar-refractivity contribution in [2.24, 2.45) is 0 Å². The van der Waals surface area contributed by atoms with Crippen molar-refractivity contribution in [3.05, 3.63) is 0 Å². The molecule has 5 heteroatoms. The molecule has 30 valence electrons. The minimum absolute atomic E-state index is 0. The average molecular weight is 200 g/mol. The Kier molecular flexibility index (Phi) is 8.84. The van der Waals surface area contributed by atoms with E-state index >= 15 is 0 Å². The molecule has 0 saturated heterocycles. The van der Waals surface area contributed by atoms with E-state index in [2.05, 4.69) is 0 Å². The molecule has 0 N–H and O–H groups in total. The Bertz CT molecular complexity index is 29.9. The van der Waals surface area contributed by atoms with Gasteiger partial charge in [-0.3, -0.25) is 0 Å². The number of rotatable bonds is 0. The SMILES string of the molecule is O=[Se]([O-])[O-].[Ge]. The van der Waals surface area contributed by atoms with Crippen molar-refractivity contribution in [1.82, 2.24) is 0 Å². The van der Waals surface area contributed by atoms with E-state index in [1.807, 2.05) is 0 Å². The topological polar surface area (TPSA) is 63.2 Å². The van der Waals surface area contributed by atoms with Crippen LogP contribution < -0.4 is 8.38 Å². The van der Waals surface area contributed by atoms with Crippen LogP contribution in [0, 0.1) is 0 Å². The molecule has 0 aromatic heterocycles. The maximum Gasteiger partial charge on any atom is 0 e. The molecule has 0 saturated carbocycles. The summed E-state index contributed by atoms with van der Waals surface area (Å²) in [7, 11) is 0. The molecule has 0 aliphatic heterocycles. The number of hydrogen-bond acceptors (Lipinski definition) is 3. The van der Waals surface area contributed by atoms with Crippen molar-refractivity contribution in [2.75, 3.05) is 0 Å². The van der Waals surface area contributed by atoms with Crippen LogP contribution in [0.2, 0.25) is 0 Å². The maximum absolute atomic E-state index is 8.54. The van der Waals surface area contributed by atoms with E-state index in [1.54, 1.807) is 0 Å². The summed E-state index contributed by atoms with van der Waals surface area (Å²) in [4.78, 5) is 0. The Hall–Kier alpha value is 0.782. The minimum atomic E-state index is -3.79. The van der Waals surface area contributed by atoms with E-state index in [9.17, 15) is 0 Å². The van der Waals surface area contributed by atoms with Gasteiger partial charge in [0.2, 0.25) is 0 Å². The average Bonchev–Trinajstić information content (AvgIpc) is 0.811. The third-order valence-electron chi connectivity index (χ3n) is 0. The Morgan fingerprint density at radius 1 is 1.40 bits per heavy atom. The summed E-state index contributed by atoms with van der Waals surface area (Å²) in [5.41, 5.74) is 0. The van der Waals surface area contributed by atoms with Crippen LogP contribution in [0.15, 0.2) is 0 Å². The van der Waals surface area contributed by atoms with Gasteiger partial charge in [0, 0.05) is 17.6 Å². The molecule has 0 aliphatic carbocycles. The van der Waals surface area contributed by atoms with Gasteiger partial charge < -0.3 is 0 Å². The second-order valence-corrected chi connectivity index (χ2v) is 1.06. The zero-order valence-electron chi connectivity index (χ0n) is 2.13. The van der Waals surface area contributed by atoms with E-state index < -0.39 is 14.5 Å². The van der Waals surface area contributed by atoms with Crippen molar-refractivity contribution < 1.29 is 12.2 Å². The normalized spacial score (nSPS) is 7.00. The maximum atomic E-state index is 8.54. The van der Waals surface area contributed by atoms with E-state index in [0.717, 1.165) is 0 Å². The Morgan fingerprint density at radius 3 is 1.40 bits per heavy atom. The first kappa shape index (κ1) is 9.24. The first-order valence-electron chi connectivity index (χ1n) is 0.500. The first-order valence-corrected chi connectivity index (χ1v) is 2.60. The molecule has 3 nitrogen and oxygen atoms in total. The molecule has 0 bridgehead atoms. The van der Waals surface area contributed by atoms with E-state index in [4.69, 9.17) is 12.2 Å². The molecule has 4 radical (unpaired) electrons.